The Hall–Kier alpha value is 0.388. The van der Waals surface area contributed by atoms with Crippen LogP contribution in [0.5, 0.6) is 0 Å². The summed E-state index contributed by atoms with van der Waals surface area (Å²) >= 11 is 0. The van der Waals surface area contributed by atoms with Gasteiger partial charge in [-0.2, -0.15) is 0 Å². The zero-order chi connectivity index (χ0) is 35.7. The number of hydrogen-bond acceptors (Lipinski definition) is 12. The van der Waals surface area contributed by atoms with Crippen LogP contribution in [0.3, 0.4) is 0 Å². The van der Waals surface area contributed by atoms with Gasteiger partial charge >= 0.3 is 35.2 Å². The van der Waals surface area contributed by atoms with E-state index in [4.69, 9.17) is 53.1 Å². The highest BCUT2D eigenvalue weighted by atomic mass is 28.4. The molecule has 0 amide bonds. The highest BCUT2D eigenvalue weighted by Crippen LogP contribution is 2.63. The minimum absolute atomic E-state index is 0.0187. The monoisotopic (exact) mass is 746 g/mol. The van der Waals surface area contributed by atoms with Gasteiger partial charge in [-0.25, -0.2) is 0 Å². The van der Waals surface area contributed by atoms with E-state index >= 15 is 0 Å². The topological polar surface area (TPSA) is 111 Å². The van der Waals surface area contributed by atoms with Gasteiger partial charge in [-0.15, -0.1) is 0 Å². The largest absolute Gasteiger partial charge is 0.500 e. The maximum atomic E-state index is 5.86. The van der Waals surface area contributed by atoms with Crippen molar-refractivity contribution in [3.63, 3.8) is 0 Å². The summed E-state index contributed by atoms with van der Waals surface area (Å²) in [5.74, 6) is 0.486. The quantitative estimate of drug-likeness (QED) is 0.0826. The third kappa shape index (κ3) is 11.4. The lowest BCUT2D eigenvalue weighted by atomic mass is 9.47. The molecule has 0 N–H and O–H groups in total. The second-order valence-corrected chi connectivity index (χ2v) is 25.3. The van der Waals surface area contributed by atoms with Crippen molar-refractivity contribution in [1.82, 2.24) is 0 Å². The Balaban J connectivity index is 3.61. The van der Waals surface area contributed by atoms with E-state index in [9.17, 15) is 0 Å². The molecule has 2 atom stereocenters. The van der Waals surface area contributed by atoms with Crippen LogP contribution in [0.4, 0.5) is 0 Å². The van der Waals surface area contributed by atoms with Crippen molar-refractivity contribution >= 4 is 35.2 Å². The molecule has 12 nitrogen and oxygen atoms in total. The summed E-state index contributed by atoms with van der Waals surface area (Å²) in [4.78, 5) is 0. The lowest BCUT2D eigenvalue weighted by Gasteiger charge is -2.58. The second kappa shape index (κ2) is 21.7. The molecule has 0 aromatic carbocycles. The van der Waals surface area contributed by atoms with E-state index in [0.717, 1.165) is 82.0 Å². The van der Waals surface area contributed by atoms with Crippen LogP contribution in [0.15, 0.2) is 0 Å². The molecule has 0 saturated heterocycles. The van der Waals surface area contributed by atoms with Gasteiger partial charge in [-0.1, -0.05) is 13.3 Å². The molecule has 47 heavy (non-hydrogen) atoms. The summed E-state index contributed by atoms with van der Waals surface area (Å²) in [6, 6.07) is 3.07. The summed E-state index contributed by atoms with van der Waals surface area (Å²) < 4.78 is 70.0. The van der Waals surface area contributed by atoms with Crippen LogP contribution in [0.1, 0.15) is 77.6 Å². The van der Waals surface area contributed by atoms with E-state index in [-0.39, 0.29) is 10.8 Å². The summed E-state index contributed by atoms with van der Waals surface area (Å²) in [5.41, 5.74) is 0.0727. The van der Waals surface area contributed by atoms with Crippen molar-refractivity contribution in [2.75, 3.05) is 85.3 Å². The predicted molar refractivity (Wildman–Crippen MR) is 191 cm³/mol. The molecule has 0 radical (unpaired) electrons. The molecule has 0 aromatic heterocycles. The Labute approximate surface area is 291 Å². The lowest BCUT2D eigenvalue weighted by Crippen LogP contribution is -2.51. The first-order chi connectivity index (χ1) is 22.4. The highest BCUT2D eigenvalue weighted by Gasteiger charge is 2.55. The van der Waals surface area contributed by atoms with Crippen LogP contribution < -0.4 is 0 Å². The molecule has 282 valence electrons. The Morgan fingerprint density at radius 1 is 0.447 bits per heavy atom. The van der Waals surface area contributed by atoms with Gasteiger partial charge in [0, 0.05) is 109 Å². The molecule has 2 unspecified atom stereocenters. The molecule has 0 bridgehead atoms. The first-order valence-electron chi connectivity index (χ1n) is 17.0. The zero-order valence-corrected chi connectivity index (χ0v) is 36.1. The van der Waals surface area contributed by atoms with E-state index in [1.54, 1.807) is 85.3 Å². The fourth-order valence-electron chi connectivity index (χ4n) is 8.41. The van der Waals surface area contributed by atoms with E-state index in [2.05, 4.69) is 6.92 Å². The summed E-state index contributed by atoms with van der Waals surface area (Å²) in [6.45, 7) is 2.52. The van der Waals surface area contributed by atoms with Crippen LogP contribution in [0.25, 0.3) is 0 Å². The van der Waals surface area contributed by atoms with Crippen molar-refractivity contribution in [2.45, 2.75) is 102 Å². The van der Waals surface area contributed by atoms with Gasteiger partial charge in [0.05, 0.1) is 0 Å². The van der Waals surface area contributed by atoms with Crippen LogP contribution in [0, 0.1) is 16.7 Å². The molecule has 0 spiro atoms. The molecule has 0 heterocycles. The van der Waals surface area contributed by atoms with Crippen molar-refractivity contribution < 1.29 is 53.1 Å². The molecule has 16 heteroatoms. The van der Waals surface area contributed by atoms with Gasteiger partial charge in [0.2, 0.25) is 0 Å². The maximum Gasteiger partial charge on any atom is 0.500 e. The van der Waals surface area contributed by atoms with Gasteiger partial charge < -0.3 is 53.1 Å². The molecular formula is C31H70O12Si4. The molecule has 0 aromatic rings. The fraction of sp³-hybridized carbons (Fsp3) is 1.00. The fourth-order valence-corrected chi connectivity index (χ4v) is 15.3. The minimum Gasteiger partial charge on any atom is -0.377 e. The Bertz CT molecular complexity index is 769. The normalized spacial score (nSPS) is 21.0. The van der Waals surface area contributed by atoms with E-state index in [0.29, 0.717) is 5.92 Å². The van der Waals surface area contributed by atoms with Gasteiger partial charge in [0.15, 0.2) is 0 Å². The molecule has 1 aliphatic rings. The SMILES string of the molecule is CO[Si](CCCC1CCCC(C)(CCC[Si](OC)(OC)OC)C1(CCC[Si](OC)(OC)OC)CCC[Si](OC)(OC)OC)(OC)OC. The van der Waals surface area contributed by atoms with Gasteiger partial charge in [-0.3, -0.25) is 0 Å². The van der Waals surface area contributed by atoms with Gasteiger partial charge in [0.25, 0.3) is 0 Å². The zero-order valence-electron chi connectivity index (χ0n) is 32.1. The Morgan fingerprint density at radius 2 is 0.745 bits per heavy atom. The highest BCUT2D eigenvalue weighted by molar-refractivity contribution is 6.61. The molecule has 0 aliphatic heterocycles. The Morgan fingerprint density at radius 3 is 1.06 bits per heavy atom. The molecule has 1 saturated carbocycles. The summed E-state index contributed by atoms with van der Waals surface area (Å²) in [5, 5.41) is 0. The molecule has 1 rings (SSSR count). The third-order valence-corrected chi connectivity index (χ3v) is 22.8. The first-order valence-corrected chi connectivity index (χ1v) is 24.8. The van der Waals surface area contributed by atoms with Crippen LogP contribution in [0.2, 0.25) is 24.2 Å². The van der Waals surface area contributed by atoms with Crippen molar-refractivity contribution in [3.8, 4) is 0 Å². The van der Waals surface area contributed by atoms with E-state index in [1.807, 2.05) is 0 Å². The number of hydrogen-bond donors (Lipinski definition) is 0. The first kappa shape index (κ1) is 45.4. The predicted octanol–water partition coefficient (Wildman–Crippen LogP) is 6.41. The standard InChI is InChI=1S/C31H70O12Si4/c1-30(22-16-26-45(35-5,36-6)37-7)21-14-19-29(20-15-25-44(32-2,33-3)34-4)31(30,23-17-27-46(38-8,39-9)40-10)24-18-28-47(41-11,42-12)43-13/h29H,14-28H2,1-13H3. The summed E-state index contributed by atoms with van der Waals surface area (Å²) in [7, 11) is 9.44. The van der Waals surface area contributed by atoms with Gasteiger partial charge in [0.1, 0.15) is 0 Å². The lowest BCUT2D eigenvalue weighted by molar-refractivity contribution is -0.0805. The van der Waals surface area contributed by atoms with Gasteiger partial charge in [-0.05, 0) is 81.0 Å². The third-order valence-electron chi connectivity index (χ3n) is 11.5. The summed E-state index contributed by atoms with van der Waals surface area (Å²) in [6.07, 6.45) is 11.5. The van der Waals surface area contributed by atoms with E-state index < -0.39 is 35.2 Å². The molecule has 1 fully saturated rings. The average molecular weight is 747 g/mol. The van der Waals surface area contributed by atoms with Crippen LogP contribution >= 0.6 is 0 Å². The van der Waals surface area contributed by atoms with Crippen molar-refractivity contribution in [2.24, 2.45) is 16.7 Å². The maximum absolute atomic E-state index is 5.86. The number of rotatable bonds is 28. The van der Waals surface area contributed by atoms with Crippen LogP contribution in [-0.4, -0.2) is 121 Å². The molecule has 1 aliphatic carbocycles. The Kier molecular flexibility index (Phi) is 20.9. The van der Waals surface area contributed by atoms with E-state index in [1.165, 1.54) is 12.8 Å². The van der Waals surface area contributed by atoms with Crippen LogP contribution in [-0.2, 0) is 53.1 Å². The molecular weight excluding hydrogens is 677 g/mol. The van der Waals surface area contributed by atoms with Crippen molar-refractivity contribution in [1.29, 1.82) is 0 Å². The average Bonchev–Trinajstić information content (AvgIpc) is 3.11. The van der Waals surface area contributed by atoms with Crippen molar-refractivity contribution in [3.05, 3.63) is 0 Å². The minimum atomic E-state index is -2.75. The second-order valence-electron chi connectivity index (χ2n) is 12.9. The smallest absolute Gasteiger partial charge is 0.377 e.